The smallest absolute Gasteiger partial charge is 0.446 e. The Kier molecular flexibility index (Phi) is 14.7. The molecule has 260 valence electrons. The van der Waals surface area contributed by atoms with Gasteiger partial charge in [0.15, 0.2) is 5.70 Å². The van der Waals surface area contributed by atoms with E-state index in [4.69, 9.17) is 23.7 Å². The van der Waals surface area contributed by atoms with Gasteiger partial charge >= 0.3 is 13.1 Å². The minimum atomic E-state index is -4.03. The van der Waals surface area contributed by atoms with Crippen LogP contribution in [0.25, 0.3) is 6.08 Å². The van der Waals surface area contributed by atoms with E-state index in [-0.39, 0.29) is 24.9 Å². The van der Waals surface area contributed by atoms with Crippen LogP contribution in [-0.4, -0.2) is 106 Å². The number of hydrogen-bond acceptors (Lipinski definition) is 7. The molecule has 1 aromatic heterocycles. The highest BCUT2D eigenvalue weighted by Gasteiger charge is 2.52. The summed E-state index contributed by atoms with van der Waals surface area (Å²) >= 11 is 0. The van der Waals surface area contributed by atoms with E-state index in [1.165, 1.54) is 0 Å². The van der Waals surface area contributed by atoms with Gasteiger partial charge in [-0.3, -0.25) is 4.79 Å². The maximum absolute atomic E-state index is 15.5. The van der Waals surface area contributed by atoms with Crippen LogP contribution in [0, 0.1) is 13.8 Å². The van der Waals surface area contributed by atoms with E-state index < -0.39 is 13.1 Å². The molecule has 2 amide bonds. The Labute approximate surface area is 276 Å². The van der Waals surface area contributed by atoms with Crippen LogP contribution in [-0.2, 0) is 28.5 Å². The van der Waals surface area contributed by atoms with Crippen molar-refractivity contribution in [1.29, 1.82) is 0 Å². The van der Waals surface area contributed by atoms with Gasteiger partial charge in [-0.15, -0.1) is 0 Å². The predicted molar refractivity (Wildman–Crippen MR) is 176 cm³/mol. The molecule has 2 aliphatic heterocycles. The molecule has 0 bridgehead atoms. The summed E-state index contributed by atoms with van der Waals surface area (Å²) in [5.74, 6) is -0.220. The molecule has 3 aliphatic rings. The van der Waals surface area contributed by atoms with Crippen molar-refractivity contribution in [2.45, 2.75) is 64.9 Å². The van der Waals surface area contributed by atoms with Crippen LogP contribution in [0.3, 0.4) is 0 Å². The second-order valence-electron chi connectivity index (χ2n) is 11.8. The molecular formula is C33H49BF2N4O7. The van der Waals surface area contributed by atoms with Crippen LogP contribution in [0.4, 0.5) is 13.4 Å². The largest absolute Gasteiger partial charge is 0.737 e. The molecule has 2 N–H and O–H groups in total. The lowest BCUT2D eigenvalue weighted by atomic mass is 9.90. The molecule has 11 nitrogen and oxygen atoms in total. The number of fused-ring (bicyclic) bond motifs is 2. The minimum absolute atomic E-state index is 0.0271. The summed E-state index contributed by atoms with van der Waals surface area (Å²) in [5.41, 5.74) is 2.75. The van der Waals surface area contributed by atoms with E-state index in [0.29, 0.717) is 88.7 Å². The van der Waals surface area contributed by atoms with Gasteiger partial charge in [-0.1, -0.05) is 12.2 Å². The molecule has 0 aromatic carbocycles. The number of ether oxygens (including phenoxy) is 5. The fraction of sp³-hybridized carbons (Fsp3) is 0.606. The first-order valence-corrected chi connectivity index (χ1v) is 16.7. The lowest BCUT2D eigenvalue weighted by Gasteiger charge is -2.30. The zero-order valence-electron chi connectivity index (χ0n) is 27.6. The molecule has 0 saturated heterocycles. The van der Waals surface area contributed by atoms with Gasteiger partial charge in [0.05, 0.1) is 52.9 Å². The molecule has 1 aromatic rings. The van der Waals surface area contributed by atoms with Crippen LogP contribution in [0.1, 0.15) is 61.9 Å². The second kappa shape index (κ2) is 18.9. The second-order valence-corrected chi connectivity index (χ2v) is 11.8. The molecule has 0 radical (unpaired) electrons. The molecule has 0 spiro atoms. The lowest BCUT2D eigenvalue weighted by molar-refractivity contribution is -0.362. The molecule has 0 fully saturated rings. The van der Waals surface area contributed by atoms with Crippen LogP contribution < -0.4 is 10.6 Å². The summed E-state index contributed by atoms with van der Waals surface area (Å²) in [6, 6.07) is 1.77. The molecule has 14 heteroatoms. The van der Waals surface area contributed by atoms with E-state index in [2.05, 4.69) is 22.8 Å². The Morgan fingerprint density at radius 1 is 0.894 bits per heavy atom. The molecule has 4 rings (SSSR count). The molecule has 0 saturated carbocycles. The van der Waals surface area contributed by atoms with Crippen molar-refractivity contribution < 1.29 is 46.4 Å². The van der Waals surface area contributed by atoms with Gasteiger partial charge in [0.2, 0.25) is 5.91 Å². The Balaban J connectivity index is 0.935. The third-order valence-corrected chi connectivity index (χ3v) is 8.21. The van der Waals surface area contributed by atoms with Crippen molar-refractivity contribution in [3.63, 3.8) is 0 Å². The normalized spacial score (nSPS) is 19.0. The molecular weight excluding hydrogens is 613 g/mol. The van der Waals surface area contributed by atoms with Crippen LogP contribution >= 0.6 is 0 Å². The fourth-order valence-electron chi connectivity index (χ4n) is 5.91. The molecule has 1 atom stereocenters. The summed E-state index contributed by atoms with van der Waals surface area (Å²) in [6.45, 7) is 3.31. The van der Waals surface area contributed by atoms with Gasteiger partial charge in [-0.25, -0.2) is 4.79 Å². The Bertz CT molecular complexity index is 1330. The quantitative estimate of drug-likeness (QED) is 0.129. The van der Waals surface area contributed by atoms with Gasteiger partial charge in [0.25, 0.3) is 0 Å². The molecule has 47 heavy (non-hydrogen) atoms. The van der Waals surface area contributed by atoms with Crippen LogP contribution in [0.2, 0.25) is 0 Å². The third-order valence-electron chi connectivity index (χ3n) is 8.21. The van der Waals surface area contributed by atoms with Gasteiger partial charge in [0, 0.05) is 49.9 Å². The maximum Gasteiger partial charge on any atom is 0.737 e. The molecule has 1 unspecified atom stereocenters. The van der Waals surface area contributed by atoms with Gasteiger partial charge < -0.3 is 51.9 Å². The number of aryl methyl sites for hydroxylation is 2. The minimum Gasteiger partial charge on any atom is -0.446 e. The summed E-state index contributed by atoms with van der Waals surface area (Å²) < 4.78 is 60.5. The van der Waals surface area contributed by atoms with Gasteiger partial charge in [-0.2, -0.15) is 0 Å². The van der Waals surface area contributed by atoms with Gasteiger partial charge in [0.1, 0.15) is 11.8 Å². The Morgan fingerprint density at radius 3 is 2.23 bits per heavy atom. The van der Waals surface area contributed by atoms with Crippen molar-refractivity contribution in [2.24, 2.45) is 0 Å². The zero-order valence-corrected chi connectivity index (χ0v) is 27.6. The first-order chi connectivity index (χ1) is 22.8. The Hall–Kier alpha value is -3.33. The third kappa shape index (κ3) is 11.1. The van der Waals surface area contributed by atoms with E-state index in [1.807, 2.05) is 6.92 Å². The average molecular weight is 663 g/mol. The highest BCUT2D eigenvalue weighted by Crippen LogP contribution is 2.34. The maximum atomic E-state index is 15.5. The van der Waals surface area contributed by atoms with Crippen molar-refractivity contribution in [3.05, 3.63) is 53.0 Å². The van der Waals surface area contributed by atoms with E-state index >= 15 is 8.63 Å². The van der Waals surface area contributed by atoms with Crippen molar-refractivity contribution in [2.75, 3.05) is 65.9 Å². The number of carbonyl (C=O) groups is 2. The van der Waals surface area contributed by atoms with E-state index in [9.17, 15) is 9.59 Å². The summed E-state index contributed by atoms with van der Waals surface area (Å²) in [6.07, 6.45) is 14.1. The van der Waals surface area contributed by atoms with E-state index in [1.54, 1.807) is 31.2 Å². The van der Waals surface area contributed by atoms with Crippen molar-refractivity contribution in [1.82, 2.24) is 15.1 Å². The number of hydrogen-bond donors (Lipinski definition) is 2. The zero-order chi connectivity index (χ0) is 33.5. The standard InChI is InChI=1S/C33H49BF2N4O7/c1-26-24-27(2)39-31(26)25-29-11-10-28(40(29)34(39,35)36)12-13-32(41)37-14-16-43-18-20-45-22-23-46-21-19-44-17-15-38-33(42)47-30-8-6-4-3-5-7-9-30/h3-4,10-11,24-25,30H,5-9,12-23H2,1-2H3,(H,37,41)(H,38,42)/b4-3+. The highest BCUT2D eigenvalue weighted by molar-refractivity contribution is 6.58. The SMILES string of the molecule is Cc1cc(C)n2c1C=C1C=CC(CCC(=O)NCCOCCOCCOCCOCCNC(=O)OC3CC/C=C/CCC3)=[N+]1[B-]2(F)F. The monoisotopic (exact) mass is 662 g/mol. The number of alkyl carbamates (subject to hydrolysis) is 1. The fourth-order valence-corrected chi connectivity index (χ4v) is 5.91. The first kappa shape index (κ1) is 36.5. The molecule has 1 aliphatic carbocycles. The van der Waals surface area contributed by atoms with E-state index in [0.717, 1.165) is 46.6 Å². The van der Waals surface area contributed by atoms with Crippen LogP contribution in [0.5, 0.6) is 0 Å². The lowest BCUT2D eigenvalue weighted by Crippen LogP contribution is -2.50. The number of nitrogens with one attached hydrogen (secondary N) is 2. The number of carbonyl (C=O) groups excluding carboxylic acids is 2. The van der Waals surface area contributed by atoms with Crippen molar-refractivity contribution >= 4 is 30.8 Å². The number of allylic oxidation sites excluding steroid dienone is 4. The van der Waals surface area contributed by atoms with Crippen LogP contribution in [0.15, 0.2) is 36.1 Å². The van der Waals surface area contributed by atoms with Gasteiger partial charge in [-0.05, 0) is 63.3 Å². The Morgan fingerprint density at radius 2 is 1.53 bits per heavy atom. The summed E-state index contributed by atoms with van der Waals surface area (Å²) in [4.78, 5) is 24.3. The summed E-state index contributed by atoms with van der Waals surface area (Å²) in [7, 11) is 0. The number of rotatable bonds is 19. The number of halogens is 2. The van der Waals surface area contributed by atoms with Crippen molar-refractivity contribution in [3.8, 4) is 0 Å². The predicted octanol–water partition coefficient (Wildman–Crippen LogP) is 4.28. The number of nitrogens with zero attached hydrogens (tertiary/aromatic N) is 2. The highest BCUT2D eigenvalue weighted by atomic mass is 19.2. The topological polar surface area (TPSA) is 112 Å². The first-order valence-electron chi connectivity index (χ1n) is 16.7. The average Bonchev–Trinajstić information content (AvgIpc) is 3.57. The molecule has 3 heterocycles. The summed E-state index contributed by atoms with van der Waals surface area (Å²) in [5, 5.41) is 5.49. The number of aromatic nitrogens is 1. The number of amides is 2.